The summed E-state index contributed by atoms with van der Waals surface area (Å²) in [5, 5.41) is 4.47. The SMILES string of the molecule is c1ccc(-c2cc(-c3cc(-c4ccccc4)nc(-c4ccccc4)n3)cc(-c3cccc4oc5c6ccccc6c(-c6ccccc6)cc5c34)c2)cc1. The molecule has 8 aromatic carbocycles. The third-order valence-electron chi connectivity index (χ3n) is 10.1. The molecular formula is C50H32N2O. The largest absolute Gasteiger partial charge is 0.455 e. The molecule has 53 heavy (non-hydrogen) atoms. The molecule has 0 amide bonds. The lowest BCUT2D eigenvalue weighted by Crippen LogP contribution is -1.96. The quantitative estimate of drug-likeness (QED) is 0.176. The first-order valence-electron chi connectivity index (χ1n) is 17.9. The molecule has 10 aromatic rings. The first-order valence-corrected chi connectivity index (χ1v) is 17.9. The van der Waals surface area contributed by atoms with Gasteiger partial charge in [0.05, 0.1) is 11.4 Å². The van der Waals surface area contributed by atoms with E-state index in [1.165, 1.54) is 16.5 Å². The molecule has 0 fully saturated rings. The lowest BCUT2D eigenvalue weighted by atomic mass is 9.91. The summed E-state index contributed by atoms with van der Waals surface area (Å²) in [4.78, 5) is 10.3. The summed E-state index contributed by atoms with van der Waals surface area (Å²) in [6.45, 7) is 0. The van der Waals surface area contributed by atoms with E-state index < -0.39 is 0 Å². The van der Waals surface area contributed by atoms with Crippen molar-refractivity contribution in [2.24, 2.45) is 0 Å². The van der Waals surface area contributed by atoms with Crippen LogP contribution in [-0.2, 0) is 0 Å². The van der Waals surface area contributed by atoms with Gasteiger partial charge in [0, 0.05) is 32.8 Å². The topological polar surface area (TPSA) is 38.9 Å². The van der Waals surface area contributed by atoms with Crippen LogP contribution in [0.15, 0.2) is 199 Å². The lowest BCUT2D eigenvalue weighted by Gasteiger charge is -2.14. The molecule has 0 aliphatic rings. The van der Waals surface area contributed by atoms with Crippen molar-refractivity contribution in [3.63, 3.8) is 0 Å². The van der Waals surface area contributed by atoms with Crippen molar-refractivity contribution in [3.8, 4) is 67.3 Å². The van der Waals surface area contributed by atoms with E-state index in [2.05, 4.69) is 170 Å². The van der Waals surface area contributed by atoms with Gasteiger partial charge >= 0.3 is 0 Å². The summed E-state index contributed by atoms with van der Waals surface area (Å²) >= 11 is 0. The number of hydrogen-bond donors (Lipinski definition) is 0. The van der Waals surface area contributed by atoms with Gasteiger partial charge in [-0.15, -0.1) is 0 Å². The highest BCUT2D eigenvalue weighted by Gasteiger charge is 2.19. The normalized spacial score (nSPS) is 11.4. The van der Waals surface area contributed by atoms with E-state index in [0.29, 0.717) is 5.82 Å². The molecule has 0 saturated heterocycles. The smallest absolute Gasteiger partial charge is 0.160 e. The minimum atomic E-state index is 0.692. The Kier molecular flexibility index (Phi) is 7.47. The van der Waals surface area contributed by atoms with E-state index in [0.717, 1.165) is 77.7 Å². The monoisotopic (exact) mass is 676 g/mol. The summed E-state index contributed by atoms with van der Waals surface area (Å²) in [7, 11) is 0. The summed E-state index contributed by atoms with van der Waals surface area (Å²) in [5.41, 5.74) is 13.3. The zero-order valence-electron chi connectivity index (χ0n) is 28.8. The molecule has 0 aliphatic heterocycles. The number of benzene rings is 8. The Morgan fingerprint density at radius 2 is 0.868 bits per heavy atom. The van der Waals surface area contributed by atoms with Crippen molar-refractivity contribution in [1.82, 2.24) is 9.97 Å². The third kappa shape index (κ3) is 5.56. The van der Waals surface area contributed by atoms with Crippen molar-refractivity contribution in [3.05, 3.63) is 194 Å². The zero-order chi connectivity index (χ0) is 35.1. The number of fused-ring (bicyclic) bond motifs is 5. The molecule has 3 nitrogen and oxygen atoms in total. The Morgan fingerprint density at radius 1 is 0.321 bits per heavy atom. The first-order chi connectivity index (χ1) is 26.3. The van der Waals surface area contributed by atoms with Gasteiger partial charge in [-0.05, 0) is 75.2 Å². The molecule has 3 heteroatoms. The van der Waals surface area contributed by atoms with Crippen molar-refractivity contribution in [2.45, 2.75) is 0 Å². The maximum absolute atomic E-state index is 6.76. The number of nitrogens with zero attached hydrogens (tertiary/aromatic N) is 2. The fraction of sp³-hybridized carbons (Fsp3) is 0. The van der Waals surface area contributed by atoms with E-state index >= 15 is 0 Å². The van der Waals surface area contributed by atoms with Crippen LogP contribution < -0.4 is 0 Å². The predicted octanol–water partition coefficient (Wildman–Crippen LogP) is 13.5. The van der Waals surface area contributed by atoms with Crippen molar-refractivity contribution in [1.29, 1.82) is 0 Å². The van der Waals surface area contributed by atoms with Gasteiger partial charge in [-0.3, -0.25) is 0 Å². The van der Waals surface area contributed by atoms with Gasteiger partial charge in [0.15, 0.2) is 5.82 Å². The molecule has 0 unspecified atom stereocenters. The highest BCUT2D eigenvalue weighted by molar-refractivity contribution is 6.22. The van der Waals surface area contributed by atoms with Crippen LogP contribution in [0.2, 0.25) is 0 Å². The van der Waals surface area contributed by atoms with Crippen molar-refractivity contribution in [2.75, 3.05) is 0 Å². The Balaban J connectivity index is 1.25. The molecule has 0 saturated carbocycles. The molecule has 0 N–H and O–H groups in total. The van der Waals surface area contributed by atoms with E-state index in [9.17, 15) is 0 Å². The van der Waals surface area contributed by atoms with Crippen molar-refractivity contribution < 1.29 is 4.42 Å². The van der Waals surface area contributed by atoms with Gasteiger partial charge in [0.1, 0.15) is 11.2 Å². The summed E-state index contributed by atoms with van der Waals surface area (Å²) < 4.78 is 6.76. The van der Waals surface area contributed by atoms with Crippen LogP contribution in [0.5, 0.6) is 0 Å². The summed E-state index contributed by atoms with van der Waals surface area (Å²) in [5.74, 6) is 0.692. The third-order valence-corrected chi connectivity index (χ3v) is 10.1. The van der Waals surface area contributed by atoms with Crippen LogP contribution in [0.25, 0.3) is 100.0 Å². The number of rotatable bonds is 6. The van der Waals surface area contributed by atoms with Crippen molar-refractivity contribution >= 4 is 32.7 Å². The molecule has 0 bridgehead atoms. The second kappa shape index (κ2) is 12.9. The maximum atomic E-state index is 6.76. The Labute approximate surface area is 307 Å². The van der Waals surface area contributed by atoms with Gasteiger partial charge < -0.3 is 4.42 Å². The number of aromatic nitrogens is 2. The summed E-state index contributed by atoms with van der Waals surface area (Å²) in [6, 6.07) is 68.0. The maximum Gasteiger partial charge on any atom is 0.160 e. The van der Waals surface area contributed by atoms with Crippen LogP contribution in [0.1, 0.15) is 0 Å². The van der Waals surface area contributed by atoms with E-state index in [-0.39, 0.29) is 0 Å². The van der Waals surface area contributed by atoms with Crippen LogP contribution in [0.4, 0.5) is 0 Å². The van der Waals surface area contributed by atoms with E-state index in [1.54, 1.807) is 0 Å². The minimum Gasteiger partial charge on any atom is -0.455 e. The molecule has 2 aromatic heterocycles. The average Bonchev–Trinajstić information content (AvgIpc) is 3.63. The number of furan rings is 1. The van der Waals surface area contributed by atoms with Crippen LogP contribution in [0, 0.1) is 0 Å². The lowest BCUT2D eigenvalue weighted by molar-refractivity contribution is 0.673. The van der Waals surface area contributed by atoms with Crippen LogP contribution in [0.3, 0.4) is 0 Å². The fourth-order valence-electron chi connectivity index (χ4n) is 7.54. The first kappa shape index (κ1) is 30.7. The molecule has 10 rings (SSSR count). The number of hydrogen-bond acceptors (Lipinski definition) is 3. The highest BCUT2D eigenvalue weighted by Crippen LogP contribution is 2.44. The summed E-state index contributed by atoms with van der Waals surface area (Å²) in [6.07, 6.45) is 0. The highest BCUT2D eigenvalue weighted by atomic mass is 16.3. The second-order valence-electron chi connectivity index (χ2n) is 13.4. The van der Waals surface area contributed by atoms with Gasteiger partial charge in [-0.1, -0.05) is 158 Å². The molecule has 0 spiro atoms. The van der Waals surface area contributed by atoms with Gasteiger partial charge in [0.25, 0.3) is 0 Å². The standard InChI is InChI=1S/C50H32N2O/c1-5-16-33(17-6-1)37-28-38(30-39(29-37)46-32-45(35-20-9-3-10-21-35)51-50(52-46)36-22-11-4-12-23-36)40-26-15-27-47-48(40)44-31-43(34-18-7-2-8-19-34)41-24-13-14-25-42(41)49(44)53-47/h1-32H. The second-order valence-corrected chi connectivity index (χ2v) is 13.4. The van der Waals surface area contributed by atoms with Gasteiger partial charge in [0.2, 0.25) is 0 Å². The van der Waals surface area contributed by atoms with E-state index in [1.807, 2.05) is 24.3 Å². The molecule has 248 valence electrons. The molecule has 0 aliphatic carbocycles. The Hall–Kier alpha value is -7.10. The zero-order valence-corrected chi connectivity index (χ0v) is 28.8. The minimum absolute atomic E-state index is 0.692. The van der Waals surface area contributed by atoms with Gasteiger partial charge in [-0.2, -0.15) is 0 Å². The van der Waals surface area contributed by atoms with Crippen LogP contribution >= 0.6 is 0 Å². The molecule has 0 radical (unpaired) electrons. The molecule has 2 heterocycles. The molecule has 0 atom stereocenters. The Bertz CT molecular complexity index is 2860. The average molecular weight is 677 g/mol. The fourth-order valence-corrected chi connectivity index (χ4v) is 7.54. The predicted molar refractivity (Wildman–Crippen MR) is 219 cm³/mol. The Morgan fingerprint density at radius 3 is 1.57 bits per heavy atom. The van der Waals surface area contributed by atoms with E-state index in [4.69, 9.17) is 14.4 Å². The van der Waals surface area contributed by atoms with Gasteiger partial charge in [-0.25, -0.2) is 9.97 Å². The molecular weight excluding hydrogens is 645 g/mol. The van der Waals surface area contributed by atoms with Crippen LogP contribution in [-0.4, -0.2) is 9.97 Å².